The zero-order valence-corrected chi connectivity index (χ0v) is 15.2. The molecule has 138 valence electrons. The molecule has 2 aromatic rings. The number of amides is 1. The van der Waals surface area contributed by atoms with Crippen LogP contribution in [0.3, 0.4) is 0 Å². The van der Waals surface area contributed by atoms with Crippen LogP contribution in [0.15, 0.2) is 42.5 Å². The molecule has 6 heteroatoms. The van der Waals surface area contributed by atoms with Gasteiger partial charge in [0.15, 0.2) is 0 Å². The van der Waals surface area contributed by atoms with Crippen LogP contribution >= 0.6 is 0 Å². The zero-order chi connectivity index (χ0) is 18.7. The van der Waals surface area contributed by atoms with Crippen LogP contribution in [0.25, 0.3) is 0 Å². The number of hydrogen-bond donors (Lipinski definition) is 0. The van der Waals surface area contributed by atoms with Gasteiger partial charge in [-0.3, -0.25) is 9.69 Å². The predicted octanol–water partition coefficient (Wildman–Crippen LogP) is 2.97. The Kier molecular flexibility index (Phi) is 5.42. The molecular formula is C20H23FN2O3. The summed E-state index contributed by atoms with van der Waals surface area (Å²) in [4.78, 5) is 17.2. The van der Waals surface area contributed by atoms with E-state index in [1.54, 1.807) is 35.2 Å². The van der Waals surface area contributed by atoms with Crippen molar-refractivity contribution in [3.63, 3.8) is 0 Å². The number of rotatable bonds is 4. The number of piperazine rings is 1. The molecule has 1 fully saturated rings. The highest BCUT2D eigenvalue weighted by Gasteiger charge is 2.31. The fourth-order valence-corrected chi connectivity index (χ4v) is 3.32. The first-order chi connectivity index (χ1) is 12.5. The average molecular weight is 358 g/mol. The van der Waals surface area contributed by atoms with Gasteiger partial charge in [0.2, 0.25) is 0 Å². The van der Waals surface area contributed by atoms with E-state index in [4.69, 9.17) is 9.47 Å². The van der Waals surface area contributed by atoms with E-state index >= 15 is 0 Å². The Morgan fingerprint density at radius 2 is 1.65 bits per heavy atom. The summed E-state index contributed by atoms with van der Waals surface area (Å²) in [5.74, 6) is 0.594. The van der Waals surface area contributed by atoms with Gasteiger partial charge in [-0.1, -0.05) is 18.2 Å². The lowest BCUT2D eigenvalue weighted by Crippen LogP contribution is -2.49. The van der Waals surface area contributed by atoms with Crippen LogP contribution in [-0.2, 0) is 0 Å². The Hall–Kier alpha value is -2.60. The van der Waals surface area contributed by atoms with Crippen molar-refractivity contribution >= 4 is 5.91 Å². The number of carbonyl (C=O) groups is 1. The molecule has 0 aliphatic carbocycles. The lowest BCUT2D eigenvalue weighted by Gasteiger charge is -2.40. The number of benzene rings is 2. The molecule has 3 rings (SSSR count). The Labute approximate surface area is 152 Å². The molecule has 5 nitrogen and oxygen atoms in total. The average Bonchev–Trinajstić information content (AvgIpc) is 2.68. The van der Waals surface area contributed by atoms with Gasteiger partial charge in [-0.15, -0.1) is 0 Å². The molecular weight excluding hydrogens is 335 g/mol. The number of hydrogen-bond acceptors (Lipinski definition) is 4. The molecule has 0 aromatic heterocycles. The van der Waals surface area contributed by atoms with E-state index in [2.05, 4.69) is 4.90 Å². The minimum atomic E-state index is -0.265. The maximum absolute atomic E-state index is 13.2. The van der Waals surface area contributed by atoms with Crippen molar-refractivity contribution in [2.24, 2.45) is 0 Å². The smallest absolute Gasteiger partial charge is 0.261 e. The summed E-state index contributed by atoms with van der Waals surface area (Å²) in [6.45, 7) is 1.85. The Morgan fingerprint density at radius 1 is 1.04 bits per heavy atom. The van der Waals surface area contributed by atoms with E-state index in [1.807, 2.05) is 7.05 Å². The molecule has 0 saturated carbocycles. The molecule has 1 atom stereocenters. The molecule has 2 aromatic carbocycles. The Bertz CT molecular complexity index is 757. The van der Waals surface area contributed by atoms with Crippen LogP contribution in [0.2, 0.25) is 0 Å². The van der Waals surface area contributed by atoms with Gasteiger partial charge in [-0.05, 0) is 36.9 Å². The topological polar surface area (TPSA) is 42.0 Å². The summed E-state index contributed by atoms with van der Waals surface area (Å²) < 4.78 is 24.0. The van der Waals surface area contributed by atoms with Crippen molar-refractivity contribution < 1.29 is 18.7 Å². The minimum Gasteiger partial charge on any atom is -0.496 e. The van der Waals surface area contributed by atoms with Crippen molar-refractivity contribution in [1.82, 2.24) is 9.80 Å². The SMILES string of the molecule is COc1cccc(OC)c1C(=O)N1CCN(C)C(c2ccc(F)cc2)C1. The highest BCUT2D eigenvalue weighted by molar-refractivity contribution is 5.99. The van der Waals surface area contributed by atoms with Crippen LogP contribution in [0.5, 0.6) is 11.5 Å². The standard InChI is InChI=1S/C20H23FN2O3/c1-22-11-12-23(13-16(22)14-7-9-15(21)10-8-14)20(24)19-17(25-2)5-4-6-18(19)26-3/h4-10,16H,11-13H2,1-3H3. The zero-order valence-electron chi connectivity index (χ0n) is 15.2. The van der Waals surface area contributed by atoms with Gasteiger partial charge < -0.3 is 14.4 Å². The summed E-state index contributed by atoms with van der Waals surface area (Å²) in [5.41, 5.74) is 1.42. The first-order valence-electron chi connectivity index (χ1n) is 8.51. The molecule has 0 N–H and O–H groups in total. The first kappa shape index (κ1) is 18.2. The number of ether oxygens (including phenoxy) is 2. The van der Waals surface area contributed by atoms with E-state index in [0.717, 1.165) is 12.1 Å². The number of carbonyl (C=O) groups excluding carboxylic acids is 1. The molecule has 1 saturated heterocycles. The van der Waals surface area contributed by atoms with Crippen molar-refractivity contribution in [3.8, 4) is 11.5 Å². The Balaban J connectivity index is 1.88. The van der Waals surface area contributed by atoms with Crippen molar-refractivity contribution in [2.45, 2.75) is 6.04 Å². The number of nitrogens with zero attached hydrogens (tertiary/aromatic N) is 2. The number of likely N-dealkylation sites (N-methyl/N-ethyl adjacent to an activating group) is 1. The maximum Gasteiger partial charge on any atom is 0.261 e. The van der Waals surface area contributed by atoms with Gasteiger partial charge in [0.1, 0.15) is 22.9 Å². The van der Waals surface area contributed by atoms with Gasteiger partial charge in [-0.2, -0.15) is 0 Å². The monoisotopic (exact) mass is 358 g/mol. The van der Waals surface area contributed by atoms with E-state index < -0.39 is 0 Å². The van der Waals surface area contributed by atoms with Gasteiger partial charge in [0.05, 0.1) is 20.3 Å². The lowest BCUT2D eigenvalue weighted by atomic mass is 10.0. The normalized spacial score (nSPS) is 17.8. The molecule has 0 bridgehead atoms. The van der Waals surface area contributed by atoms with E-state index in [9.17, 15) is 9.18 Å². The van der Waals surface area contributed by atoms with Gasteiger partial charge >= 0.3 is 0 Å². The molecule has 1 heterocycles. The van der Waals surface area contributed by atoms with Crippen LogP contribution in [0.4, 0.5) is 4.39 Å². The summed E-state index contributed by atoms with van der Waals surface area (Å²) in [5, 5.41) is 0. The molecule has 0 spiro atoms. The number of methoxy groups -OCH3 is 2. The molecule has 1 amide bonds. The summed E-state index contributed by atoms with van der Waals surface area (Å²) in [6, 6.07) is 11.8. The highest BCUT2D eigenvalue weighted by Crippen LogP contribution is 2.32. The summed E-state index contributed by atoms with van der Waals surface area (Å²) in [6.07, 6.45) is 0. The van der Waals surface area contributed by atoms with Crippen LogP contribution < -0.4 is 9.47 Å². The first-order valence-corrected chi connectivity index (χ1v) is 8.51. The molecule has 1 unspecified atom stereocenters. The van der Waals surface area contributed by atoms with Gasteiger partial charge in [-0.25, -0.2) is 4.39 Å². The fourth-order valence-electron chi connectivity index (χ4n) is 3.32. The third-order valence-electron chi connectivity index (χ3n) is 4.83. The van der Waals surface area contributed by atoms with Crippen LogP contribution in [0.1, 0.15) is 22.0 Å². The van der Waals surface area contributed by atoms with Gasteiger partial charge in [0, 0.05) is 19.6 Å². The number of halogens is 1. The van der Waals surface area contributed by atoms with Crippen molar-refractivity contribution in [3.05, 3.63) is 59.4 Å². The quantitative estimate of drug-likeness (QED) is 0.843. The largest absolute Gasteiger partial charge is 0.496 e. The van der Waals surface area contributed by atoms with Crippen LogP contribution in [0, 0.1) is 5.82 Å². The third kappa shape index (κ3) is 3.51. The van der Waals surface area contributed by atoms with E-state index in [0.29, 0.717) is 30.2 Å². The molecule has 1 aliphatic heterocycles. The minimum absolute atomic E-state index is 0.00834. The van der Waals surface area contributed by atoms with Crippen LogP contribution in [-0.4, -0.2) is 56.6 Å². The van der Waals surface area contributed by atoms with E-state index in [-0.39, 0.29) is 17.8 Å². The van der Waals surface area contributed by atoms with Crippen molar-refractivity contribution in [2.75, 3.05) is 40.9 Å². The fraction of sp³-hybridized carbons (Fsp3) is 0.350. The van der Waals surface area contributed by atoms with Crippen molar-refractivity contribution in [1.29, 1.82) is 0 Å². The maximum atomic E-state index is 13.2. The van der Waals surface area contributed by atoms with E-state index in [1.165, 1.54) is 26.4 Å². The second-order valence-corrected chi connectivity index (χ2v) is 6.34. The third-order valence-corrected chi connectivity index (χ3v) is 4.83. The van der Waals surface area contributed by atoms with Gasteiger partial charge in [0.25, 0.3) is 5.91 Å². The Morgan fingerprint density at radius 3 is 2.23 bits per heavy atom. The lowest BCUT2D eigenvalue weighted by molar-refractivity contribution is 0.0540. The summed E-state index contributed by atoms with van der Waals surface area (Å²) >= 11 is 0. The molecule has 0 radical (unpaired) electrons. The predicted molar refractivity (Wildman–Crippen MR) is 97.2 cm³/mol. The second-order valence-electron chi connectivity index (χ2n) is 6.34. The summed E-state index contributed by atoms with van der Waals surface area (Å²) in [7, 11) is 5.09. The highest BCUT2D eigenvalue weighted by atomic mass is 19.1. The second kappa shape index (κ2) is 7.74. The molecule has 1 aliphatic rings. The molecule has 26 heavy (non-hydrogen) atoms.